The first kappa shape index (κ1) is 19.6. The standard InChI is InChI=1S/C20H19N5O.C2H4O2/c1-24(14-5-3-2-4-6-14)17-11-16-13(12-22-17)7-8-15-18(16)23-25-10-9-21-20(26)19(15)25;1-2(3)4/h2-6,11-12H,7-10H2,1H3,(H,21,26);1H3,(H,3,4). The number of carboxylic acid groups (broad SMARTS) is 1. The van der Waals surface area contributed by atoms with E-state index >= 15 is 0 Å². The summed E-state index contributed by atoms with van der Waals surface area (Å²) in [5, 5.41) is 15.1. The van der Waals surface area contributed by atoms with Crippen LogP contribution in [-0.4, -0.2) is 45.3 Å². The number of aliphatic carboxylic acids is 1. The van der Waals surface area contributed by atoms with E-state index in [0.717, 1.165) is 60.3 Å². The first-order chi connectivity index (χ1) is 14.5. The van der Waals surface area contributed by atoms with Crippen molar-refractivity contribution in [1.29, 1.82) is 0 Å². The van der Waals surface area contributed by atoms with Gasteiger partial charge < -0.3 is 15.3 Å². The maximum atomic E-state index is 12.3. The Bertz CT molecular complexity index is 1100. The van der Waals surface area contributed by atoms with Gasteiger partial charge in [0, 0.05) is 43.5 Å². The molecule has 1 aliphatic carbocycles. The van der Waals surface area contributed by atoms with Crippen LogP contribution < -0.4 is 10.2 Å². The average molecular weight is 405 g/mol. The monoisotopic (exact) mass is 405 g/mol. The molecule has 0 radical (unpaired) electrons. The lowest BCUT2D eigenvalue weighted by Gasteiger charge is -2.22. The number of carbonyl (C=O) groups is 2. The Kier molecular flexibility index (Phi) is 5.22. The van der Waals surface area contributed by atoms with E-state index in [9.17, 15) is 4.79 Å². The van der Waals surface area contributed by atoms with Crippen LogP contribution in [0.3, 0.4) is 0 Å². The summed E-state index contributed by atoms with van der Waals surface area (Å²) in [5.74, 6) is 0.0300. The smallest absolute Gasteiger partial charge is 0.300 e. The quantitative estimate of drug-likeness (QED) is 0.680. The first-order valence-electron chi connectivity index (χ1n) is 9.81. The van der Waals surface area contributed by atoms with Gasteiger partial charge in [0.05, 0.1) is 12.2 Å². The molecule has 0 bridgehead atoms. The maximum absolute atomic E-state index is 12.3. The molecule has 3 aromatic rings. The number of benzene rings is 1. The van der Waals surface area contributed by atoms with Gasteiger partial charge >= 0.3 is 0 Å². The number of amides is 1. The minimum atomic E-state index is -0.833. The molecular weight excluding hydrogens is 382 g/mol. The molecule has 0 saturated carbocycles. The van der Waals surface area contributed by atoms with Gasteiger partial charge in [-0.2, -0.15) is 5.10 Å². The fourth-order valence-corrected chi connectivity index (χ4v) is 3.85. The molecule has 5 rings (SSSR count). The second kappa shape index (κ2) is 7.98. The van der Waals surface area contributed by atoms with Crippen LogP contribution in [0.25, 0.3) is 11.3 Å². The number of nitrogens with zero attached hydrogens (tertiary/aromatic N) is 4. The van der Waals surface area contributed by atoms with E-state index in [-0.39, 0.29) is 5.91 Å². The number of rotatable bonds is 2. The Morgan fingerprint density at radius 1 is 1.23 bits per heavy atom. The van der Waals surface area contributed by atoms with Gasteiger partial charge in [0.15, 0.2) is 0 Å². The van der Waals surface area contributed by atoms with Crippen LogP contribution in [0.4, 0.5) is 11.5 Å². The number of nitrogens with one attached hydrogen (secondary N) is 1. The Labute approximate surface area is 174 Å². The van der Waals surface area contributed by atoms with E-state index in [4.69, 9.17) is 15.0 Å². The van der Waals surface area contributed by atoms with Crippen molar-refractivity contribution in [3.05, 3.63) is 59.4 Å². The fraction of sp³-hybridized carbons (Fsp3) is 0.273. The van der Waals surface area contributed by atoms with Crippen molar-refractivity contribution in [3.8, 4) is 11.3 Å². The van der Waals surface area contributed by atoms with E-state index in [1.54, 1.807) is 0 Å². The highest BCUT2D eigenvalue weighted by molar-refractivity contribution is 5.97. The Morgan fingerprint density at radius 3 is 2.70 bits per heavy atom. The molecule has 0 saturated heterocycles. The molecule has 1 aromatic carbocycles. The third-order valence-electron chi connectivity index (χ3n) is 5.23. The molecule has 0 atom stereocenters. The van der Waals surface area contributed by atoms with Gasteiger partial charge in [-0.25, -0.2) is 4.98 Å². The molecule has 2 aliphatic rings. The molecular formula is C22H23N5O3. The van der Waals surface area contributed by atoms with Crippen molar-refractivity contribution in [2.75, 3.05) is 18.5 Å². The minimum Gasteiger partial charge on any atom is -0.481 e. The van der Waals surface area contributed by atoms with Crippen LogP contribution in [0.15, 0.2) is 42.6 Å². The lowest BCUT2D eigenvalue weighted by Crippen LogP contribution is -2.36. The second-order valence-corrected chi connectivity index (χ2v) is 7.27. The van der Waals surface area contributed by atoms with Crippen molar-refractivity contribution >= 4 is 23.4 Å². The molecule has 8 heteroatoms. The zero-order chi connectivity index (χ0) is 21.3. The number of hydrogen-bond acceptors (Lipinski definition) is 5. The maximum Gasteiger partial charge on any atom is 0.300 e. The van der Waals surface area contributed by atoms with E-state index in [1.807, 2.05) is 36.1 Å². The molecule has 2 aromatic heterocycles. The highest BCUT2D eigenvalue weighted by atomic mass is 16.4. The third kappa shape index (κ3) is 3.63. The molecule has 0 unspecified atom stereocenters. The molecule has 154 valence electrons. The molecule has 1 amide bonds. The van der Waals surface area contributed by atoms with Gasteiger partial charge in [-0.3, -0.25) is 14.3 Å². The molecule has 0 spiro atoms. The van der Waals surface area contributed by atoms with Crippen LogP contribution in [-0.2, 0) is 24.2 Å². The Morgan fingerprint density at radius 2 is 1.97 bits per heavy atom. The first-order valence-corrected chi connectivity index (χ1v) is 9.81. The average Bonchev–Trinajstić information content (AvgIpc) is 3.13. The van der Waals surface area contributed by atoms with Crippen molar-refractivity contribution < 1.29 is 14.7 Å². The van der Waals surface area contributed by atoms with Crippen LogP contribution in [0.2, 0.25) is 0 Å². The largest absolute Gasteiger partial charge is 0.481 e. The molecule has 3 heterocycles. The highest BCUT2D eigenvalue weighted by Crippen LogP contribution is 2.37. The number of fused-ring (bicyclic) bond motifs is 5. The zero-order valence-electron chi connectivity index (χ0n) is 16.9. The number of hydrogen-bond donors (Lipinski definition) is 2. The number of anilines is 2. The van der Waals surface area contributed by atoms with Crippen molar-refractivity contribution in [2.45, 2.75) is 26.3 Å². The summed E-state index contributed by atoms with van der Waals surface area (Å²) in [6.07, 6.45) is 3.67. The van der Waals surface area contributed by atoms with Gasteiger partial charge in [0.1, 0.15) is 11.5 Å². The van der Waals surface area contributed by atoms with Gasteiger partial charge in [-0.1, -0.05) is 18.2 Å². The number of aryl methyl sites for hydroxylation is 1. The van der Waals surface area contributed by atoms with Crippen LogP contribution in [0.1, 0.15) is 28.5 Å². The second-order valence-electron chi connectivity index (χ2n) is 7.27. The van der Waals surface area contributed by atoms with E-state index in [1.165, 1.54) is 5.56 Å². The van der Waals surface area contributed by atoms with Crippen molar-refractivity contribution in [2.24, 2.45) is 0 Å². The molecule has 2 N–H and O–H groups in total. The van der Waals surface area contributed by atoms with Crippen LogP contribution in [0.5, 0.6) is 0 Å². The van der Waals surface area contributed by atoms with Crippen molar-refractivity contribution in [1.82, 2.24) is 20.1 Å². The summed E-state index contributed by atoms with van der Waals surface area (Å²) in [6.45, 7) is 2.45. The number of aromatic nitrogens is 3. The Hall–Kier alpha value is -3.68. The number of pyridine rings is 1. The molecule has 30 heavy (non-hydrogen) atoms. The lowest BCUT2D eigenvalue weighted by atomic mass is 9.90. The molecule has 8 nitrogen and oxygen atoms in total. The minimum absolute atomic E-state index is 0.0101. The SMILES string of the molecule is CC(=O)O.CN(c1ccccc1)c1cc2c(cn1)CCc1c-2nn2c1C(=O)NCC2. The normalized spacial score (nSPS) is 13.7. The Balaban J connectivity index is 0.000000503. The van der Waals surface area contributed by atoms with Gasteiger partial charge in [-0.15, -0.1) is 0 Å². The lowest BCUT2D eigenvalue weighted by molar-refractivity contribution is -0.134. The van der Waals surface area contributed by atoms with Gasteiger partial charge in [0.2, 0.25) is 0 Å². The predicted octanol–water partition coefficient (Wildman–Crippen LogP) is 2.65. The highest BCUT2D eigenvalue weighted by Gasteiger charge is 2.30. The molecule has 1 aliphatic heterocycles. The summed E-state index contributed by atoms with van der Waals surface area (Å²) in [6, 6.07) is 12.3. The number of para-hydroxylation sites is 1. The van der Waals surface area contributed by atoms with Crippen LogP contribution >= 0.6 is 0 Å². The summed E-state index contributed by atoms with van der Waals surface area (Å²) in [7, 11) is 2.01. The third-order valence-corrected chi connectivity index (χ3v) is 5.23. The van der Waals surface area contributed by atoms with E-state index in [0.29, 0.717) is 6.54 Å². The van der Waals surface area contributed by atoms with E-state index < -0.39 is 5.97 Å². The topological polar surface area (TPSA) is 100 Å². The van der Waals surface area contributed by atoms with Gasteiger partial charge in [-0.05, 0) is 36.6 Å². The summed E-state index contributed by atoms with van der Waals surface area (Å²) in [4.78, 5) is 28.0. The predicted molar refractivity (Wildman–Crippen MR) is 113 cm³/mol. The fourth-order valence-electron chi connectivity index (χ4n) is 3.85. The summed E-state index contributed by atoms with van der Waals surface area (Å²) >= 11 is 0. The molecule has 0 fully saturated rings. The number of carbonyl (C=O) groups excluding carboxylic acids is 1. The summed E-state index contributed by atoms with van der Waals surface area (Å²) in [5.41, 5.74) is 6.09. The zero-order valence-corrected chi connectivity index (χ0v) is 16.9. The van der Waals surface area contributed by atoms with Crippen molar-refractivity contribution in [3.63, 3.8) is 0 Å². The number of carboxylic acids is 1. The van der Waals surface area contributed by atoms with Gasteiger partial charge in [0.25, 0.3) is 11.9 Å². The summed E-state index contributed by atoms with van der Waals surface area (Å²) < 4.78 is 1.86. The van der Waals surface area contributed by atoms with Crippen LogP contribution in [0, 0.1) is 0 Å². The van der Waals surface area contributed by atoms with E-state index in [2.05, 4.69) is 33.4 Å².